The first kappa shape index (κ1) is 16.5. The van der Waals surface area contributed by atoms with Gasteiger partial charge in [-0.1, -0.05) is 19.8 Å². The second kappa shape index (κ2) is 7.04. The van der Waals surface area contributed by atoms with Crippen molar-refractivity contribution in [2.24, 2.45) is 5.92 Å². The van der Waals surface area contributed by atoms with Crippen molar-refractivity contribution in [1.29, 1.82) is 0 Å². The lowest BCUT2D eigenvalue weighted by Gasteiger charge is -2.23. The lowest BCUT2D eigenvalue weighted by atomic mass is 9.88. The van der Waals surface area contributed by atoms with Gasteiger partial charge in [-0.3, -0.25) is 9.59 Å². The molecule has 0 bridgehead atoms. The van der Waals surface area contributed by atoms with E-state index >= 15 is 0 Å². The molecule has 0 aromatic carbocycles. The molecule has 1 aromatic heterocycles. The molecular weight excluding hydrogens is 308 g/mol. The summed E-state index contributed by atoms with van der Waals surface area (Å²) in [5.74, 6) is 0.691. The summed E-state index contributed by atoms with van der Waals surface area (Å²) in [6, 6.07) is 0. The highest BCUT2D eigenvalue weighted by atomic mass is 32.1. The van der Waals surface area contributed by atoms with Crippen LogP contribution in [0.25, 0.3) is 0 Å². The van der Waals surface area contributed by atoms with Crippen LogP contribution in [0.2, 0.25) is 0 Å². The predicted octanol–water partition coefficient (Wildman–Crippen LogP) is 3.85. The molecule has 1 atom stereocenters. The third-order valence-corrected chi connectivity index (χ3v) is 6.08. The predicted molar refractivity (Wildman–Crippen MR) is 94.2 cm³/mol. The fourth-order valence-electron chi connectivity index (χ4n) is 3.66. The van der Waals surface area contributed by atoms with E-state index in [0.29, 0.717) is 5.92 Å². The number of hydrogen-bond acceptors (Lipinski definition) is 3. The summed E-state index contributed by atoms with van der Waals surface area (Å²) in [4.78, 5) is 28.0. The average Bonchev–Trinajstić information content (AvgIpc) is 2.68. The average molecular weight is 334 g/mol. The number of carbonyl (C=O) groups excluding carboxylic acids is 2. The largest absolute Gasteiger partial charge is 0.339 e. The second-order valence-electron chi connectivity index (χ2n) is 6.94. The lowest BCUT2D eigenvalue weighted by Crippen LogP contribution is -2.33. The van der Waals surface area contributed by atoms with Gasteiger partial charge in [0.25, 0.3) is 5.91 Å². The van der Waals surface area contributed by atoms with Crippen LogP contribution >= 0.6 is 11.3 Å². The number of fused-ring (bicyclic) bond motifs is 1. The van der Waals surface area contributed by atoms with Gasteiger partial charge in [0, 0.05) is 24.9 Å². The minimum Gasteiger partial charge on any atom is -0.339 e. The Bertz CT molecular complexity index is 600. The van der Waals surface area contributed by atoms with Crippen LogP contribution in [0.5, 0.6) is 0 Å². The van der Waals surface area contributed by atoms with Crippen LogP contribution in [0.15, 0.2) is 0 Å². The monoisotopic (exact) mass is 334 g/mol. The Kier molecular flexibility index (Phi) is 5.05. The fourth-order valence-corrected chi connectivity index (χ4v) is 5.11. The van der Waals surface area contributed by atoms with Gasteiger partial charge in [0.05, 0.1) is 5.56 Å². The molecule has 1 aliphatic carbocycles. The van der Waals surface area contributed by atoms with Crippen molar-refractivity contribution in [2.75, 3.05) is 18.4 Å². The van der Waals surface area contributed by atoms with Crippen LogP contribution in [0.1, 0.15) is 66.8 Å². The molecule has 3 rings (SSSR count). The van der Waals surface area contributed by atoms with Gasteiger partial charge in [-0.15, -0.1) is 11.3 Å². The maximum absolute atomic E-state index is 13.2. The first-order chi connectivity index (χ1) is 11.1. The van der Waals surface area contributed by atoms with E-state index in [9.17, 15) is 9.59 Å². The van der Waals surface area contributed by atoms with Crippen molar-refractivity contribution >= 4 is 28.2 Å². The Labute approximate surface area is 142 Å². The van der Waals surface area contributed by atoms with Crippen molar-refractivity contribution in [3.63, 3.8) is 0 Å². The minimum absolute atomic E-state index is 0.0958. The number of carbonyl (C=O) groups is 2. The zero-order chi connectivity index (χ0) is 16.4. The third kappa shape index (κ3) is 3.60. The van der Waals surface area contributed by atoms with Gasteiger partial charge in [0.1, 0.15) is 5.00 Å². The molecule has 1 saturated heterocycles. The SMILES string of the molecule is CC(=O)Nc1sc2c(c1C(=O)N1CCCCCC1)CC[C@H](C)C2. The summed E-state index contributed by atoms with van der Waals surface area (Å²) in [5, 5.41) is 3.68. The number of thiophene rings is 1. The summed E-state index contributed by atoms with van der Waals surface area (Å²) in [6.07, 6.45) is 7.71. The van der Waals surface area contributed by atoms with E-state index in [1.54, 1.807) is 11.3 Å². The normalized spacial score (nSPS) is 21.5. The summed E-state index contributed by atoms with van der Waals surface area (Å²) >= 11 is 1.61. The van der Waals surface area contributed by atoms with Crippen LogP contribution in [0, 0.1) is 5.92 Å². The third-order valence-electron chi connectivity index (χ3n) is 4.91. The zero-order valence-corrected chi connectivity index (χ0v) is 14.9. The van der Waals surface area contributed by atoms with Crippen molar-refractivity contribution in [2.45, 2.75) is 58.8 Å². The first-order valence-corrected chi connectivity index (χ1v) is 9.59. The highest BCUT2D eigenvalue weighted by Crippen LogP contribution is 2.40. The molecular formula is C18H26N2O2S. The Morgan fingerprint density at radius 3 is 2.52 bits per heavy atom. The summed E-state index contributed by atoms with van der Waals surface area (Å²) in [7, 11) is 0. The Hall–Kier alpha value is -1.36. The van der Waals surface area contributed by atoms with Crippen molar-refractivity contribution in [3.05, 3.63) is 16.0 Å². The molecule has 5 heteroatoms. The standard InChI is InChI=1S/C18H26N2O2S/c1-12-7-8-14-15(11-12)23-17(19-13(2)21)16(14)18(22)20-9-5-3-4-6-10-20/h12H,3-11H2,1-2H3,(H,19,21)/t12-/m0/s1. The molecule has 2 heterocycles. The highest BCUT2D eigenvalue weighted by Gasteiger charge is 2.30. The van der Waals surface area contributed by atoms with E-state index in [1.165, 1.54) is 30.2 Å². The first-order valence-electron chi connectivity index (χ1n) is 8.77. The molecule has 0 saturated carbocycles. The van der Waals surface area contributed by atoms with E-state index in [1.807, 2.05) is 4.90 Å². The Balaban J connectivity index is 1.94. The maximum Gasteiger partial charge on any atom is 0.257 e. The smallest absolute Gasteiger partial charge is 0.257 e. The molecule has 1 N–H and O–H groups in total. The van der Waals surface area contributed by atoms with Crippen molar-refractivity contribution in [3.8, 4) is 0 Å². The van der Waals surface area contributed by atoms with E-state index in [4.69, 9.17) is 0 Å². The topological polar surface area (TPSA) is 49.4 Å². The van der Waals surface area contributed by atoms with Crippen LogP contribution < -0.4 is 5.32 Å². The van der Waals surface area contributed by atoms with E-state index in [0.717, 1.165) is 55.8 Å². The summed E-state index contributed by atoms with van der Waals surface area (Å²) in [5.41, 5.74) is 1.99. The van der Waals surface area contributed by atoms with E-state index < -0.39 is 0 Å². The highest BCUT2D eigenvalue weighted by molar-refractivity contribution is 7.17. The molecule has 2 amide bonds. The molecule has 0 unspecified atom stereocenters. The molecule has 0 radical (unpaired) electrons. The summed E-state index contributed by atoms with van der Waals surface area (Å²) < 4.78 is 0. The molecule has 0 spiro atoms. The molecule has 4 nitrogen and oxygen atoms in total. The van der Waals surface area contributed by atoms with Gasteiger partial charge in [-0.2, -0.15) is 0 Å². The second-order valence-corrected chi connectivity index (χ2v) is 8.05. The number of amides is 2. The number of anilines is 1. The minimum atomic E-state index is -0.0958. The molecule has 1 aliphatic heterocycles. The van der Waals surface area contributed by atoms with Gasteiger partial charge >= 0.3 is 0 Å². The molecule has 1 fully saturated rings. The van der Waals surface area contributed by atoms with Gasteiger partial charge in [0.15, 0.2) is 0 Å². The Morgan fingerprint density at radius 1 is 1.17 bits per heavy atom. The Morgan fingerprint density at radius 2 is 1.87 bits per heavy atom. The summed E-state index contributed by atoms with van der Waals surface area (Å²) in [6.45, 7) is 5.47. The van der Waals surface area contributed by atoms with Gasteiger partial charge < -0.3 is 10.2 Å². The maximum atomic E-state index is 13.2. The quantitative estimate of drug-likeness (QED) is 0.893. The van der Waals surface area contributed by atoms with Gasteiger partial charge in [0.2, 0.25) is 5.91 Å². The molecule has 1 aromatic rings. The zero-order valence-electron chi connectivity index (χ0n) is 14.1. The van der Waals surface area contributed by atoms with E-state index in [-0.39, 0.29) is 11.8 Å². The van der Waals surface area contributed by atoms with Crippen LogP contribution in [0.3, 0.4) is 0 Å². The number of rotatable bonds is 2. The lowest BCUT2D eigenvalue weighted by molar-refractivity contribution is -0.114. The number of likely N-dealkylation sites (tertiary alicyclic amines) is 1. The van der Waals surface area contributed by atoms with Crippen LogP contribution in [0.4, 0.5) is 5.00 Å². The number of nitrogens with one attached hydrogen (secondary N) is 1. The fraction of sp³-hybridized carbons (Fsp3) is 0.667. The van der Waals surface area contributed by atoms with Gasteiger partial charge in [-0.25, -0.2) is 0 Å². The molecule has 2 aliphatic rings. The molecule has 23 heavy (non-hydrogen) atoms. The number of nitrogens with zero attached hydrogens (tertiary/aromatic N) is 1. The van der Waals surface area contributed by atoms with Crippen molar-refractivity contribution < 1.29 is 9.59 Å². The van der Waals surface area contributed by atoms with Crippen LogP contribution in [-0.2, 0) is 17.6 Å². The van der Waals surface area contributed by atoms with Gasteiger partial charge in [-0.05, 0) is 43.6 Å². The van der Waals surface area contributed by atoms with Crippen LogP contribution in [-0.4, -0.2) is 29.8 Å². The number of hydrogen-bond donors (Lipinski definition) is 1. The van der Waals surface area contributed by atoms with Crippen molar-refractivity contribution in [1.82, 2.24) is 4.90 Å². The van der Waals surface area contributed by atoms with E-state index in [2.05, 4.69) is 12.2 Å². The molecule has 126 valence electrons.